The lowest BCUT2D eigenvalue weighted by Gasteiger charge is -2.18. The van der Waals surface area contributed by atoms with Gasteiger partial charge in [-0.15, -0.1) is 0 Å². The van der Waals surface area contributed by atoms with Crippen molar-refractivity contribution in [2.45, 2.75) is 19.4 Å². The highest BCUT2D eigenvalue weighted by Crippen LogP contribution is 2.22. The third-order valence-corrected chi connectivity index (χ3v) is 4.44. The summed E-state index contributed by atoms with van der Waals surface area (Å²) in [5, 5.41) is 6.82. The zero-order valence-electron chi connectivity index (χ0n) is 14.8. The Labute approximate surface area is 161 Å². The predicted molar refractivity (Wildman–Crippen MR) is 106 cm³/mol. The number of amides is 2. The van der Waals surface area contributed by atoms with Crippen molar-refractivity contribution in [3.05, 3.63) is 65.3 Å². The predicted octanol–water partition coefficient (Wildman–Crippen LogP) is 4.12. The minimum absolute atomic E-state index is 0.220. The smallest absolute Gasteiger partial charge is 0.407 e. The normalized spacial score (nSPS) is 11.8. The topological polar surface area (TPSA) is 83.2 Å². The Kier molecular flexibility index (Phi) is 5.98. The highest BCUT2D eigenvalue weighted by molar-refractivity contribution is 6.33. The summed E-state index contributed by atoms with van der Waals surface area (Å²) in [6, 6.07) is 13.9. The maximum absolute atomic E-state index is 12.8. The summed E-state index contributed by atoms with van der Waals surface area (Å²) in [5.74, 6) is -0.374. The Morgan fingerprint density at radius 1 is 1.15 bits per heavy atom. The molecule has 0 spiro atoms. The summed E-state index contributed by atoms with van der Waals surface area (Å²) in [7, 11) is 0. The van der Waals surface area contributed by atoms with Crippen molar-refractivity contribution in [2.24, 2.45) is 0 Å². The average Bonchev–Trinajstić information content (AvgIpc) is 3.06. The third kappa shape index (κ3) is 4.60. The molecule has 0 unspecified atom stereocenters. The van der Waals surface area contributed by atoms with Gasteiger partial charge in [-0.1, -0.05) is 41.9 Å². The number of aromatic amines is 1. The summed E-state index contributed by atoms with van der Waals surface area (Å²) in [5.41, 5.74) is 2.37. The molecule has 6 nitrogen and oxygen atoms in total. The maximum atomic E-state index is 12.8. The van der Waals surface area contributed by atoms with Gasteiger partial charge in [0.15, 0.2) is 0 Å². The molecule has 3 rings (SSSR count). The van der Waals surface area contributed by atoms with E-state index in [-0.39, 0.29) is 12.5 Å². The van der Waals surface area contributed by atoms with E-state index in [0.717, 1.165) is 16.5 Å². The van der Waals surface area contributed by atoms with Crippen molar-refractivity contribution in [3.8, 4) is 0 Å². The molecule has 2 aromatic carbocycles. The molecule has 0 aliphatic carbocycles. The van der Waals surface area contributed by atoms with Gasteiger partial charge in [0.25, 0.3) is 0 Å². The number of fused-ring (bicyclic) bond motifs is 1. The van der Waals surface area contributed by atoms with Crippen LogP contribution in [0.15, 0.2) is 54.7 Å². The zero-order chi connectivity index (χ0) is 19.2. The highest BCUT2D eigenvalue weighted by Gasteiger charge is 2.24. The summed E-state index contributed by atoms with van der Waals surface area (Å²) in [4.78, 5) is 27.9. The molecule has 1 atom stereocenters. The Bertz CT molecular complexity index is 954. The number of rotatable bonds is 6. The molecule has 1 heterocycles. The monoisotopic (exact) mass is 385 g/mol. The molecular formula is C20H20ClN3O3. The summed E-state index contributed by atoms with van der Waals surface area (Å²) < 4.78 is 4.94. The number of H-pyrrole nitrogens is 1. The number of alkyl carbamates (subject to hydrolysis) is 1. The largest absolute Gasteiger partial charge is 0.450 e. The molecule has 7 heteroatoms. The molecule has 0 saturated carbocycles. The minimum atomic E-state index is -0.820. The molecule has 0 saturated heterocycles. The van der Waals surface area contributed by atoms with Gasteiger partial charge in [0.2, 0.25) is 5.91 Å². The molecule has 0 aliphatic rings. The number of hydrogen-bond donors (Lipinski definition) is 3. The standard InChI is InChI=1S/C20H20ClN3O3/c1-2-27-20(26)24-18(19(25)23-17-10-6-4-8-15(17)21)11-13-12-22-16-9-5-3-7-14(13)16/h3-10,12,18,22H,2,11H2,1H3,(H,23,25)(H,24,26)/t18-/m1/s1. The van der Waals surface area contributed by atoms with Gasteiger partial charge in [0.1, 0.15) is 6.04 Å². The summed E-state index contributed by atoms with van der Waals surface area (Å²) in [6.07, 6.45) is 1.50. The second-order valence-corrected chi connectivity index (χ2v) is 6.36. The van der Waals surface area contributed by atoms with Crippen molar-refractivity contribution in [2.75, 3.05) is 11.9 Å². The minimum Gasteiger partial charge on any atom is -0.450 e. The van der Waals surface area contributed by atoms with Crippen molar-refractivity contribution in [3.63, 3.8) is 0 Å². The van der Waals surface area contributed by atoms with E-state index >= 15 is 0 Å². The fourth-order valence-electron chi connectivity index (χ4n) is 2.83. The summed E-state index contributed by atoms with van der Waals surface area (Å²) in [6.45, 7) is 1.93. The van der Waals surface area contributed by atoms with E-state index in [9.17, 15) is 9.59 Å². The van der Waals surface area contributed by atoms with E-state index in [0.29, 0.717) is 17.1 Å². The van der Waals surface area contributed by atoms with Gasteiger partial charge in [0.05, 0.1) is 17.3 Å². The van der Waals surface area contributed by atoms with Gasteiger partial charge in [-0.3, -0.25) is 4.79 Å². The number of benzene rings is 2. The first-order valence-corrected chi connectivity index (χ1v) is 9.00. The maximum Gasteiger partial charge on any atom is 0.407 e. The number of halogens is 1. The first-order chi connectivity index (χ1) is 13.1. The molecule has 0 radical (unpaired) electrons. The number of carbonyl (C=O) groups excluding carboxylic acids is 2. The molecule has 3 aromatic rings. The molecule has 0 bridgehead atoms. The lowest BCUT2D eigenvalue weighted by atomic mass is 10.0. The third-order valence-electron chi connectivity index (χ3n) is 4.11. The van der Waals surface area contributed by atoms with Crippen molar-refractivity contribution in [1.82, 2.24) is 10.3 Å². The van der Waals surface area contributed by atoms with E-state index in [2.05, 4.69) is 15.6 Å². The van der Waals surface area contributed by atoms with Crippen LogP contribution in [0.25, 0.3) is 10.9 Å². The average molecular weight is 386 g/mol. The molecule has 0 aliphatic heterocycles. The Hall–Kier alpha value is -2.99. The number of carbonyl (C=O) groups is 2. The van der Waals surface area contributed by atoms with Crippen molar-refractivity contribution in [1.29, 1.82) is 0 Å². The quantitative estimate of drug-likeness (QED) is 0.597. The van der Waals surface area contributed by atoms with E-state index in [1.807, 2.05) is 30.5 Å². The van der Waals surface area contributed by atoms with Crippen LogP contribution in [0.4, 0.5) is 10.5 Å². The van der Waals surface area contributed by atoms with Crippen LogP contribution in [0.5, 0.6) is 0 Å². The lowest BCUT2D eigenvalue weighted by Crippen LogP contribution is -2.45. The van der Waals surface area contributed by atoms with E-state index in [1.54, 1.807) is 31.2 Å². The van der Waals surface area contributed by atoms with E-state index in [1.165, 1.54) is 0 Å². The van der Waals surface area contributed by atoms with Crippen molar-refractivity contribution >= 4 is 40.2 Å². The number of hydrogen-bond acceptors (Lipinski definition) is 3. The molecule has 0 fully saturated rings. The number of ether oxygens (including phenoxy) is 1. The zero-order valence-corrected chi connectivity index (χ0v) is 15.5. The highest BCUT2D eigenvalue weighted by atomic mass is 35.5. The van der Waals surface area contributed by atoms with Crippen LogP contribution in [0.1, 0.15) is 12.5 Å². The summed E-state index contributed by atoms with van der Waals surface area (Å²) >= 11 is 6.12. The van der Waals surface area contributed by atoms with Gasteiger partial charge in [-0.2, -0.15) is 0 Å². The molecular weight excluding hydrogens is 366 g/mol. The number of anilines is 1. The van der Waals surface area contributed by atoms with Gasteiger partial charge in [-0.05, 0) is 30.7 Å². The van der Waals surface area contributed by atoms with Crippen LogP contribution in [-0.2, 0) is 16.0 Å². The molecule has 2 amide bonds. The Morgan fingerprint density at radius 3 is 2.67 bits per heavy atom. The molecule has 27 heavy (non-hydrogen) atoms. The van der Waals surface area contributed by atoms with Crippen LogP contribution in [0.2, 0.25) is 5.02 Å². The number of aromatic nitrogens is 1. The molecule has 1 aromatic heterocycles. The fourth-order valence-corrected chi connectivity index (χ4v) is 3.01. The van der Waals surface area contributed by atoms with E-state index < -0.39 is 12.1 Å². The van der Waals surface area contributed by atoms with Gasteiger partial charge in [0, 0.05) is 23.5 Å². The fraction of sp³-hybridized carbons (Fsp3) is 0.200. The SMILES string of the molecule is CCOC(=O)N[C@H](Cc1c[nH]c2ccccc12)C(=O)Nc1ccccc1Cl. The Balaban J connectivity index is 1.82. The lowest BCUT2D eigenvalue weighted by molar-refractivity contribution is -0.118. The first-order valence-electron chi connectivity index (χ1n) is 8.62. The van der Waals surface area contributed by atoms with Crippen LogP contribution < -0.4 is 10.6 Å². The second kappa shape index (κ2) is 8.60. The molecule has 140 valence electrons. The van der Waals surface area contributed by atoms with Gasteiger partial charge in [-0.25, -0.2) is 4.79 Å². The molecule has 3 N–H and O–H groups in total. The van der Waals surface area contributed by atoms with Crippen molar-refractivity contribution < 1.29 is 14.3 Å². The van der Waals surface area contributed by atoms with Crippen LogP contribution in [0.3, 0.4) is 0 Å². The van der Waals surface area contributed by atoms with Gasteiger partial charge < -0.3 is 20.4 Å². The van der Waals surface area contributed by atoms with E-state index in [4.69, 9.17) is 16.3 Å². The Morgan fingerprint density at radius 2 is 1.89 bits per heavy atom. The van der Waals surface area contributed by atoms with Gasteiger partial charge >= 0.3 is 6.09 Å². The van der Waals surface area contributed by atoms with Crippen LogP contribution in [0, 0.1) is 0 Å². The van der Waals surface area contributed by atoms with Crippen LogP contribution in [-0.4, -0.2) is 29.6 Å². The second-order valence-electron chi connectivity index (χ2n) is 5.95. The van der Waals surface area contributed by atoms with Crippen LogP contribution >= 0.6 is 11.6 Å². The first kappa shape index (κ1) is 18.8. The number of para-hydroxylation sites is 2. The number of nitrogens with one attached hydrogen (secondary N) is 3.